The number of amides is 1. The summed E-state index contributed by atoms with van der Waals surface area (Å²) in [6.07, 6.45) is 3.98. The Hall–Kier alpha value is -3.62. The average molecular weight is 465 g/mol. The fourth-order valence-corrected chi connectivity index (χ4v) is 5.65. The van der Waals surface area contributed by atoms with Crippen molar-refractivity contribution in [1.29, 1.82) is 0 Å². The minimum Gasteiger partial charge on any atom is -0.325 e. The van der Waals surface area contributed by atoms with E-state index < -0.39 is 17.5 Å². The molecule has 6 rings (SSSR count). The van der Waals surface area contributed by atoms with Crippen LogP contribution in [0, 0.1) is 31.3 Å². The van der Waals surface area contributed by atoms with E-state index in [4.69, 9.17) is 0 Å². The smallest absolute Gasteiger partial charge is 0.273 e. The molecule has 1 fully saturated rings. The molecule has 6 nitrogen and oxygen atoms in total. The van der Waals surface area contributed by atoms with Crippen LogP contribution in [0.4, 0.5) is 13.2 Å². The molecule has 0 unspecified atom stereocenters. The fourth-order valence-electron chi connectivity index (χ4n) is 5.65. The van der Waals surface area contributed by atoms with E-state index in [1.165, 1.54) is 0 Å². The number of benzene rings is 1. The molecule has 2 atom stereocenters. The zero-order chi connectivity index (χ0) is 23.9. The molecule has 1 saturated heterocycles. The van der Waals surface area contributed by atoms with Gasteiger partial charge in [-0.2, -0.15) is 5.10 Å². The third-order valence-electron chi connectivity index (χ3n) is 7.07. The number of fused-ring (bicyclic) bond motifs is 5. The van der Waals surface area contributed by atoms with Gasteiger partial charge in [0.2, 0.25) is 0 Å². The summed E-state index contributed by atoms with van der Waals surface area (Å²) in [5, 5.41) is 4.66. The molecular formula is C25H22F3N5O. The van der Waals surface area contributed by atoms with Crippen LogP contribution in [0.15, 0.2) is 30.5 Å². The Balaban J connectivity index is 1.44. The Morgan fingerprint density at radius 2 is 1.82 bits per heavy atom. The zero-order valence-corrected chi connectivity index (χ0v) is 18.9. The van der Waals surface area contributed by atoms with Gasteiger partial charge >= 0.3 is 0 Å². The standard InChI is InChI=1S/C25H22F3N5O/c1-12-4-7-20-29-13(2)23(32(20)11-12)25(34)33-15-5-6-19(33)22-16(10-15)24(31(3)30-22)14-8-17(26)21(28)18(27)9-14/h4,7-9,11,15,19H,5-6,10H2,1-3H3/t15-,19+/m0/s1. The minimum atomic E-state index is -1.49. The van der Waals surface area contributed by atoms with Crippen LogP contribution in [0.3, 0.4) is 0 Å². The van der Waals surface area contributed by atoms with Crippen LogP contribution in [-0.2, 0) is 13.5 Å². The van der Waals surface area contributed by atoms with Crippen molar-refractivity contribution in [3.63, 3.8) is 0 Å². The highest BCUT2D eigenvalue weighted by Crippen LogP contribution is 2.47. The monoisotopic (exact) mass is 465 g/mol. The molecule has 5 heterocycles. The van der Waals surface area contributed by atoms with Crippen molar-refractivity contribution in [1.82, 2.24) is 24.1 Å². The summed E-state index contributed by atoms with van der Waals surface area (Å²) >= 11 is 0. The predicted molar refractivity (Wildman–Crippen MR) is 119 cm³/mol. The molecule has 1 aromatic carbocycles. The molecule has 34 heavy (non-hydrogen) atoms. The molecule has 2 aliphatic rings. The second kappa shape index (κ2) is 7.19. The van der Waals surface area contributed by atoms with Gasteiger partial charge in [0.15, 0.2) is 17.5 Å². The summed E-state index contributed by atoms with van der Waals surface area (Å²) in [4.78, 5) is 20.3. The van der Waals surface area contributed by atoms with E-state index in [1.807, 2.05) is 41.5 Å². The van der Waals surface area contributed by atoms with Crippen molar-refractivity contribution in [2.24, 2.45) is 7.05 Å². The van der Waals surface area contributed by atoms with Gasteiger partial charge in [0, 0.05) is 30.4 Å². The van der Waals surface area contributed by atoms with Gasteiger partial charge in [-0.1, -0.05) is 6.07 Å². The van der Waals surface area contributed by atoms with Gasteiger partial charge in [0.05, 0.1) is 23.1 Å². The number of nitrogens with zero attached hydrogens (tertiary/aromatic N) is 5. The second-order valence-electron chi connectivity index (χ2n) is 9.23. The summed E-state index contributed by atoms with van der Waals surface area (Å²) in [6, 6.07) is 5.54. The van der Waals surface area contributed by atoms with E-state index in [0.717, 1.165) is 47.4 Å². The van der Waals surface area contributed by atoms with E-state index in [0.29, 0.717) is 23.5 Å². The van der Waals surface area contributed by atoms with Crippen LogP contribution in [0.1, 0.15) is 51.9 Å². The first-order valence-corrected chi connectivity index (χ1v) is 11.2. The van der Waals surface area contributed by atoms with E-state index in [1.54, 1.807) is 11.7 Å². The Morgan fingerprint density at radius 3 is 2.56 bits per heavy atom. The summed E-state index contributed by atoms with van der Waals surface area (Å²) in [5.74, 6) is -4.06. The van der Waals surface area contributed by atoms with Gasteiger partial charge in [0.1, 0.15) is 11.3 Å². The first-order valence-electron chi connectivity index (χ1n) is 11.2. The van der Waals surface area contributed by atoms with Gasteiger partial charge in [0.25, 0.3) is 5.91 Å². The van der Waals surface area contributed by atoms with Crippen LogP contribution in [0.25, 0.3) is 16.9 Å². The topological polar surface area (TPSA) is 55.4 Å². The lowest BCUT2D eigenvalue weighted by Crippen LogP contribution is -2.42. The molecule has 174 valence electrons. The average Bonchev–Trinajstić information content (AvgIpc) is 3.41. The van der Waals surface area contributed by atoms with Gasteiger partial charge < -0.3 is 4.90 Å². The SMILES string of the molecule is Cc1ccc2nc(C)c(C(=O)N3[C@H]4CC[C@@H]3c3nn(C)c(-c5cc(F)c(F)c(F)c5)c3C4)n2c1. The van der Waals surface area contributed by atoms with Gasteiger partial charge in [-0.3, -0.25) is 13.9 Å². The van der Waals surface area contributed by atoms with Gasteiger partial charge in [-0.25, -0.2) is 18.2 Å². The van der Waals surface area contributed by atoms with Crippen molar-refractivity contribution in [3.8, 4) is 11.3 Å². The number of carbonyl (C=O) groups is 1. The molecule has 0 radical (unpaired) electrons. The van der Waals surface area contributed by atoms with Crippen molar-refractivity contribution < 1.29 is 18.0 Å². The van der Waals surface area contributed by atoms with Crippen molar-refractivity contribution in [2.45, 2.75) is 45.2 Å². The first kappa shape index (κ1) is 20.9. The zero-order valence-electron chi connectivity index (χ0n) is 18.9. The van der Waals surface area contributed by atoms with E-state index in [2.05, 4.69) is 10.1 Å². The Morgan fingerprint density at radius 1 is 1.09 bits per heavy atom. The molecule has 4 aromatic rings. The second-order valence-corrected chi connectivity index (χ2v) is 9.23. The molecule has 0 N–H and O–H groups in total. The van der Waals surface area contributed by atoms with Gasteiger partial charge in [-0.15, -0.1) is 0 Å². The number of rotatable bonds is 2. The van der Waals surface area contributed by atoms with Crippen LogP contribution in [0.2, 0.25) is 0 Å². The minimum absolute atomic E-state index is 0.0714. The molecule has 2 aliphatic heterocycles. The van der Waals surface area contributed by atoms with Gasteiger partial charge in [-0.05, 0) is 56.9 Å². The lowest BCUT2D eigenvalue weighted by molar-refractivity contribution is 0.0634. The van der Waals surface area contributed by atoms with E-state index in [-0.39, 0.29) is 23.6 Å². The van der Waals surface area contributed by atoms with E-state index in [9.17, 15) is 18.0 Å². The van der Waals surface area contributed by atoms with E-state index >= 15 is 0 Å². The molecule has 0 saturated carbocycles. The molecule has 0 aliphatic carbocycles. The molecule has 2 bridgehead atoms. The maximum absolute atomic E-state index is 14.0. The fraction of sp³-hybridized carbons (Fsp3) is 0.320. The number of halogens is 3. The summed E-state index contributed by atoms with van der Waals surface area (Å²) in [7, 11) is 1.70. The maximum atomic E-state index is 14.0. The molecule has 3 aromatic heterocycles. The van der Waals surface area contributed by atoms with Crippen LogP contribution in [0.5, 0.6) is 0 Å². The molecule has 1 amide bonds. The number of aryl methyl sites for hydroxylation is 3. The summed E-state index contributed by atoms with van der Waals surface area (Å²) in [5.41, 5.74) is 5.33. The Labute approximate surface area is 193 Å². The lowest BCUT2D eigenvalue weighted by Gasteiger charge is -2.34. The maximum Gasteiger partial charge on any atom is 0.273 e. The normalized spacial score (nSPS) is 19.2. The Bertz CT molecular complexity index is 1480. The number of hydrogen-bond donors (Lipinski definition) is 0. The first-order chi connectivity index (χ1) is 16.2. The molecular weight excluding hydrogens is 443 g/mol. The Kier molecular flexibility index (Phi) is 4.43. The van der Waals surface area contributed by atoms with Crippen molar-refractivity contribution in [3.05, 3.63) is 76.1 Å². The quantitative estimate of drug-likeness (QED) is 0.405. The van der Waals surface area contributed by atoms with Crippen LogP contribution >= 0.6 is 0 Å². The highest BCUT2D eigenvalue weighted by atomic mass is 19.2. The summed E-state index contributed by atoms with van der Waals surface area (Å²) in [6.45, 7) is 3.81. The van der Waals surface area contributed by atoms with Crippen LogP contribution in [-0.4, -0.2) is 36.0 Å². The highest BCUT2D eigenvalue weighted by molar-refractivity contribution is 5.95. The lowest BCUT2D eigenvalue weighted by atomic mass is 9.94. The number of carbonyl (C=O) groups excluding carboxylic acids is 1. The number of aromatic nitrogens is 4. The predicted octanol–water partition coefficient (Wildman–Crippen LogP) is 4.67. The molecule has 0 spiro atoms. The van der Waals surface area contributed by atoms with Crippen molar-refractivity contribution in [2.75, 3.05) is 0 Å². The number of pyridine rings is 1. The highest BCUT2D eigenvalue weighted by Gasteiger charge is 2.46. The third kappa shape index (κ3) is 2.85. The number of imidazole rings is 1. The summed E-state index contributed by atoms with van der Waals surface area (Å²) < 4.78 is 44.9. The largest absolute Gasteiger partial charge is 0.325 e. The van der Waals surface area contributed by atoms with Crippen LogP contribution < -0.4 is 0 Å². The molecule has 9 heteroatoms. The van der Waals surface area contributed by atoms with Crippen molar-refractivity contribution >= 4 is 11.6 Å². The third-order valence-corrected chi connectivity index (χ3v) is 7.07. The number of hydrogen-bond acceptors (Lipinski definition) is 3.